The second-order valence-corrected chi connectivity index (χ2v) is 5.92. The third-order valence-electron chi connectivity index (χ3n) is 3.88. The summed E-state index contributed by atoms with van der Waals surface area (Å²) in [5, 5.41) is 13.2. The van der Waals surface area contributed by atoms with Crippen molar-refractivity contribution in [3.63, 3.8) is 0 Å². The minimum absolute atomic E-state index is 0. The molecule has 0 heterocycles. The molecule has 26 heavy (non-hydrogen) atoms. The highest BCUT2D eigenvalue weighted by atomic mass is 35.5. The monoisotopic (exact) mass is 381 g/mol. The molecule has 2 rings (SSSR count). The number of hydrogen-bond acceptors (Lipinski definition) is 5. The highest BCUT2D eigenvalue weighted by Gasteiger charge is 2.07. The first kappa shape index (κ1) is 22.1. The highest BCUT2D eigenvalue weighted by Crippen LogP contribution is 2.27. The molecule has 0 saturated heterocycles. The minimum atomic E-state index is -0.549. The largest absolute Gasteiger partial charge is 0.493 e. The Morgan fingerprint density at radius 1 is 1.00 bits per heavy atom. The van der Waals surface area contributed by atoms with Crippen LogP contribution < -0.4 is 19.5 Å². The van der Waals surface area contributed by atoms with Gasteiger partial charge in [0.25, 0.3) is 0 Å². The van der Waals surface area contributed by atoms with Crippen LogP contribution in [-0.2, 0) is 6.42 Å². The lowest BCUT2D eigenvalue weighted by molar-refractivity contribution is 0.106. The molecule has 0 radical (unpaired) electrons. The molecular formula is C20H28ClNO4. The Balaban J connectivity index is 0.00000338. The van der Waals surface area contributed by atoms with Gasteiger partial charge in [0.1, 0.15) is 18.5 Å². The fraction of sp³-hybridized carbons (Fsp3) is 0.400. The van der Waals surface area contributed by atoms with Gasteiger partial charge >= 0.3 is 0 Å². The molecule has 1 atom stereocenters. The van der Waals surface area contributed by atoms with E-state index in [2.05, 4.69) is 5.32 Å². The average molecular weight is 382 g/mol. The third kappa shape index (κ3) is 7.12. The Bertz CT molecular complexity index is 649. The van der Waals surface area contributed by atoms with E-state index < -0.39 is 6.10 Å². The lowest BCUT2D eigenvalue weighted by atomic mass is 10.1. The van der Waals surface area contributed by atoms with Gasteiger partial charge in [0.15, 0.2) is 11.5 Å². The number of rotatable bonds is 10. The van der Waals surface area contributed by atoms with Crippen LogP contribution in [0.15, 0.2) is 42.5 Å². The molecule has 1 unspecified atom stereocenters. The summed E-state index contributed by atoms with van der Waals surface area (Å²) >= 11 is 0. The molecule has 0 fully saturated rings. The standard InChI is InChI=1S/C20H27NO4.ClH/c1-15-4-7-18(8-5-15)25-14-17(22)13-21-11-10-16-6-9-19(23-2)20(12-16)24-3;/h4-9,12,17,21-22H,10-11,13-14H2,1-3H3;1H. The van der Waals surface area contributed by atoms with Crippen LogP contribution in [0.2, 0.25) is 0 Å². The number of methoxy groups -OCH3 is 2. The maximum absolute atomic E-state index is 9.99. The van der Waals surface area contributed by atoms with Gasteiger partial charge in [-0.1, -0.05) is 23.8 Å². The summed E-state index contributed by atoms with van der Waals surface area (Å²) in [6.45, 7) is 3.55. The van der Waals surface area contributed by atoms with E-state index in [9.17, 15) is 5.11 Å². The van der Waals surface area contributed by atoms with Crippen LogP contribution in [0, 0.1) is 6.92 Å². The number of ether oxygens (including phenoxy) is 3. The predicted octanol–water partition coefficient (Wildman–Crippen LogP) is 3.01. The van der Waals surface area contributed by atoms with Crippen LogP contribution in [0.3, 0.4) is 0 Å². The van der Waals surface area contributed by atoms with Crippen LogP contribution in [0.25, 0.3) is 0 Å². The van der Waals surface area contributed by atoms with E-state index in [0.29, 0.717) is 6.54 Å². The van der Waals surface area contributed by atoms with E-state index in [1.807, 2.05) is 49.4 Å². The van der Waals surface area contributed by atoms with Gasteiger partial charge in [-0.05, 0) is 49.7 Å². The van der Waals surface area contributed by atoms with Crippen LogP contribution in [0.4, 0.5) is 0 Å². The summed E-state index contributed by atoms with van der Waals surface area (Å²) in [6, 6.07) is 13.7. The van der Waals surface area contributed by atoms with Gasteiger partial charge in [-0.25, -0.2) is 0 Å². The number of hydrogen-bond donors (Lipinski definition) is 2. The van der Waals surface area contributed by atoms with E-state index in [0.717, 1.165) is 35.8 Å². The number of nitrogens with one attached hydrogen (secondary N) is 1. The minimum Gasteiger partial charge on any atom is -0.493 e. The zero-order valence-electron chi connectivity index (χ0n) is 15.5. The van der Waals surface area contributed by atoms with E-state index in [-0.39, 0.29) is 19.0 Å². The Morgan fingerprint density at radius 2 is 1.69 bits per heavy atom. The fourth-order valence-corrected chi connectivity index (χ4v) is 2.42. The van der Waals surface area contributed by atoms with Gasteiger partial charge in [-0.3, -0.25) is 0 Å². The quantitative estimate of drug-likeness (QED) is 0.619. The Labute approximate surface area is 161 Å². The Hall–Kier alpha value is -1.95. The van der Waals surface area contributed by atoms with E-state index in [1.165, 1.54) is 5.56 Å². The van der Waals surface area contributed by atoms with Gasteiger partial charge in [0.05, 0.1) is 14.2 Å². The van der Waals surface area contributed by atoms with Gasteiger partial charge in [0, 0.05) is 6.54 Å². The molecule has 0 spiro atoms. The first-order chi connectivity index (χ1) is 12.1. The predicted molar refractivity (Wildman–Crippen MR) is 106 cm³/mol. The topological polar surface area (TPSA) is 60.0 Å². The van der Waals surface area contributed by atoms with Gasteiger partial charge in [-0.15, -0.1) is 12.4 Å². The van der Waals surface area contributed by atoms with Crippen molar-refractivity contribution in [3.05, 3.63) is 53.6 Å². The summed E-state index contributed by atoms with van der Waals surface area (Å²) in [4.78, 5) is 0. The summed E-state index contributed by atoms with van der Waals surface area (Å²) in [6.07, 6.45) is 0.290. The van der Waals surface area contributed by atoms with Gasteiger partial charge in [0.2, 0.25) is 0 Å². The molecule has 2 aromatic rings. The van der Waals surface area contributed by atoms with Crippen molar-refractivity contribution in [3.8, 4) is 17.2 Å². The summed E-state index contributed by atoms with van der Waals surface area (Å²) < 4.78 is 16.1. The maximum atomic E-state index is 9.99. The summed E-state index contributed by atoms with van der Waals surface area (Å²) in [5.41, 5.74) is 2.33. The molecule has 2 N–H and O–H groups in total. The first-order valence-corrected chi connectivity index (χ1v) is 8.41. The van der Waals surface area contributed by atoms with E-state index in [1.54, 1.807) is 14.2 Å². The summed E-state index contributed by atoms with van der Waals surface area (Å²) in [7, 11) is 3.25. The molecular weight excluding hydrogens is 354 g/mol. The SMILES string of the molecule is COc1ccc(CCNCC(O)COc2ccc(C)cc2)cc1OC.Cl. The first-order valence-electron chi connectivity index (χ1n) is 8.41. The Kier molecular flexibility index (Phi) is 9.88. The maximum Gasteiger partial charge on any atom is 0.160 e. The van der Waals surface area contributed by atoms with E-state index >= 15 is 0 Å². The van der Waals surface area contributed by atoms with Crippen molar-refractivity contribution in [1.29, 1.82) is 0 Å². The van der Waals surface area contributed by atoms with Gasteiger partial charge in [-0.2, -0.15) is 0 Å². The van der Waals surface area contributed by atoms with Gasteiger partial charge < -0.3 is 24.6 Å². The number of aliphatic hydroxyl groups is 1. The molecule has 0 aliphatic carbocycles. The van der Waals surface area contributed by atoms with Crippen molar-refractivity contribution < 1.29 is 19.3 Å². The normalized spacial score (nSPS) is 11.4. The fourth-order valence-electron chi connectivity index (χ4n) is 2.42. The number of aryl methyl sites for hydroxylation is 1. The van der Waals surface area contributed by atoms with Crippen molar-refractivity contribution in [2.45, 2.75) is 19.4 Å². The third-order valence-corrected chi connectivity index (χ3v) is 3.88. The number of aliphatic hydroxyl groups excluding tert-OH is 1. The second-order valence-electron chi connectivity index (χ2n) is 5.92. The smallest absolute Gasteiger partial charge is 0.160 e. The lowest BCUT2D eigenvalue weighted by Gasteiger charge is -2.14. The van der Waals surface area contributed by atoms with Crippen molar-refractivity contribution in [2.24, 2.45) is 0 Å². The van der Waals surface area contributed by atoms with Crippen molar-refractivity contribution in [1.82, 2.24) is 5.32 Å². The van der Waals surface area contributed by atoms with Crippen LogP contribution >= 0.6 is 12.4 Å². The van der Waals surface area contributed by atoms with Crippen LogP contribution in [0.5, 0.6) is 17.2 Å². The Morgan fingerprint density at radius 3 is 2.35 bits per heavy atom. The molecule has 0 aliphatic rings. The number of benzene rings is 2. The molecule has 6 heteroatoms. The molecule has 144 valence electrons. The average Bonchev–Trinajstić information content (AvgIpc) is 2.64. The molecule has 0 aromatic heterocycles. The summed E-state index contributed by atoms with van der Waals surface area (Å²) in [5.74, 6) is 2.23. The molecule has 0 saturated carbocycles. The molecule has 2 aromatic carbocycles. The molecule has 5 nitrogen and oxygen atoms in total. The van der Waals surface area contributed by atoms with Crippen LogP contribution in [0.1, 0.15) is 11.1 Å². The van der Waals surface area contributed by atoms with E-state index in [4.69, 9.17) is 14.2 Å². The molecule has 0 bridgehead atoms. The van der Waals surface area contributed by atoms with Crippen molar-refractivity contribution in [2.75, 3.05) is 33.9 Å². The zero-order chi connectivity index (χ0) is 18.1. The second kappa shape index (κ2) is 11.6. The zero-order valence-corrected chi connectivity index (χ0v) is 16.3. The molecule has 0 aliphatic heterocycles. The molecule has 0 amide bonds. The highest BCUT2D eigenvalue weighted by molar-refractivity contribution is 5.85. The number of halogens is 1. The van der Waals surface area contributed by atoms with Crippen LogP contribution in [-0.4, -0.2) is 45.1 Å². The lowest BCUT2D eigenvalue weighted by Crippen LogP contribution is -2.32. The van der Waals surface area contributed by atoms with Crippen molar-refractivity contribution >= 4 is 12.4 Å².